The summed E-state index contributed by atoms with van der Waals surface area (Å²) in [5, 5.41) is 9.38. The van der Waals surface area contributed by atoms with Crippen LogP contribution in [0.5, 0.6) is 5.88 Å². The minimum absolute atomic E-state index is 0.0119. The van der Waals surface area contributed by atoms with Crippen LogP contribution in [0, 0.1) is 0 Å². The summed E-state index contributed by atoms with van der Waals surface area (Å²) in [6.45, 7) is 2.24. The topological polar surface area (TPSA) is 53.1 Å². The van der Waals surface area contributed by atoms with E-state index in [0.717, 1.165) is 17.8 Å². The van der Waals surface area contributed by atoms with Crippen LogP contribution in [0.15, 0.2) is 10.9 Å². The lowest BCUT2D eigenvalue weighted by atomic mass is 10.1. The zero-order valence-corrected chi connectivity index (χ0v) is 12.6. The van der Waals surface area contributed by atoms with E-state index in [0.29, 0.717) is 4.88 Å². The van der Waals surface area contributed by atoms with Crippen LogP contribution >= 0.6 is 11.3 Å². The zero-order chi connectivity index (χ0) is 13.9. The number of aromatic nitrogens is 1. The molecular weight excluding hydrogens is 258 g/mol. The van der Waals surface area contributed by atoms with E-state index in [9.17, 15) is 9.90 Å². The van der Waals surface area contributed by atoms with Crippen LogP contribution in [0.4, 0.5) is 0 Å². The van der Waals surface area contributed by atoms with E-state index in [4.69, 9.17) is 0 Å². The predicted molar refractivity (Wildman–Crippen MR) is 82.9 cm³/mol. The Bertz CT molecular complexity index is 420. The maximum Gasteiger partial charge on any atom is 0.307 e. The number of H-pyrrole nitrogens is 1. The Morgan fingerprint density at radius 2 is 1.74 bits per heavy atom. The second kappa shape index (κ2) is 9.84. The Morgan fingerprint density at radius 3 is 2.32 bits per heavy atom. The van der Waals surface area contributed by atoms with Gasteiger partial charge in [0.05, 0.1) is 4.88 Å². The molecule has 1 heterocycles. The van der Waals surface area contributed by atoms with Gasteiger partial charge in [-0.05, 0) is 18.9 Å². The normalized spacial score (nSPS) is 11.4. The van der Waals surface area contributed by atoms with Crippen molar-refractivity contribution in [3.63, 3.8) is 0 Å². The van der Waals surface area contributed by atoms with Crippen molar-refractivity contribution in [2.75, 3.05) is 0 Å². The van der Waals surface area contributed by atoms with Crippen LogP contribution < -0.4 is 4.87 Å². The largest absolute Gasteiger partial charge is 0.493 e. The molecule has 3 nitrogen and oxygen atoms in total. The lowest BCUT2D eigenvalue weighted by Gasteiger charge is -1.99. The first-order valence-electron chi connectivity index (χ1n) is 7.32. The fourth-order valence-electron chi connectivity index (χ4n) is 2.03. The Kier molecular flexibility index (Phi) is 8.30. The van der Waals surface area contributed by atoms with Gasteiger partial charge < -0.3 is 5.11 Å². The van der Waals surface area contributed by atoms with E-state index in [-0.39, 0.29) is 10.8 Å². The van der Waals surface area contributed by atoms with E-state index < -0.39 is 0 Å². The van der Waals surface area contributed by atoms with Crippen LogP contribution in [0.3, 0.4) is 0 Å². The van der Waals surface area contributed by atoms with Crippen molar-refractivity contribution >= 4 is 17.4 Å². The summed E-state index contributed by atoms with van der Waals surface area (Å²) in [5.74, 6) is -0.0119. The van der Waals surface area contributed by atoms with Crippen molar-refractivity contribution in [3.8, 4) is 5.88 Å². The first-order valence-corrected chi connectivity index (χ1v) is 8.14. The summed E-state index contributed by atoms with van der Waals surface area (Å²) in [6, 6.07) is 0. The first-order chi connectivity index (χ1) is 9.24. The van der Waals surface area contributed by atoms with E-state index in [1.165, 1.54) is 51.4 Å². The fraction of sp³-hybridized carbons (Fsp3) is 0.667. The maximum atomic E-state index is 11.0. The highest BCUT2D eigenvalue weighted by atomic mass is 32.1. The number of thiazole rings is 1. The molecule has 0 fully saturated rings. The van der Waals surface area contributed by atoms with Crippen molar-refractivity contribution in [2.45, 2.75) is 64.7 Å². The molecule has 19 heavy (non-hydrogen) atoms. The molecule has 0 aliphatic heterocycles. The summed E-state index contributed by atoms with van der Waals surface area (Å²) in [4.78, 5) is 13.7. The molecule has 0 radical (unpaired) electrons. The highest BCUT2D eigenvalue weighted by molar-refractivity contribution is 7.10. The summed E-state index contributed by atoms with van der Waals surface area (Å²) in [6.07, 6.45) is 15.4. The third-order valence-corrected chi connectivity index (χ3v) is 3.99. The number of unbranched alkanes of at least 4 members (excludes halogenated alkanes) is 8. The van der Waals surface area contributed by atoms with Crippen molar-refractivity contribution in [2.24, 2.45) is 0 Å². The maximum absolute atomic E-state index is 11.0. The van der Waals surface area contributed by atoms with Crippen molar-refractivity contribution in [1.29, 1.82) is 0 Å². The van der Waals surface area contributed by atoms with Crippen LogP contribution in [0.2, 0.25) is 0 Å². The number of allylic oxidation sites excluding steroid dienone is 1. The second-order valence-electron chi connectivity index (χ2n) is 4.89. The minimum Gasteiger partial charge on any atom is -0.493 e. The Hall–Kier alpha value is -1.03. The molecule has 0 bridgehead atoms. The molecule has 0 saturated carbocycles. The van der Waals surface area contributed by atoms with Gasteiger partial charge in [0.2, 0.25) is 5.88 Å². The molecule has 0 saturated heterocycles. The number of aromatic amines is 1. The lowest BCUT2D eigenvalue weighted by molar-refractivity contribution is 0.455. The first kappa shape index (κ1) is 16.0. The molecule has 0 atom stereocenters. The second-order valence-corrected chi connectivity index (χ2v) is 5.91. The molecule has 0 aliphatic rings. The van der Waals surface area contributed by atoms with Gasteiger partial charge in [0.1, 0.15) is 0 Å². The van der Waals surface area contributed by atoms with E-state index >= 15 is 0 Å². The van der Waals surface area contributed by atoms with Gasteiger partial charge in [-0.2, -0.15) is 0 Å². The van der Waals surface area contributed by atoms with Gasteiger partial charge in [-0.3, -0.25) is 9.78 Å². The molecule has 2 N–H and O–H groups in total. The number of aromatic hydroxyl groups is 1. The monoisotopic (exact) mass is 283 g/mol. The highest BCUT2D eigenvalue weighted by Crippen LogP contribution is 2.18. The molecule has 0 spiro atoms. The van der Waals surface area contributed by atoms with Gasteiger partial charge in [0.15, 0.2) is 0 Å². The van der Waals surface area contributed by atoms with E-state index in [1.807, 2.05) is 12.2 Å². The standard InChI is InChI=1S/C15H25NO2S/c1-2-3-4-5-6-7-8-9-10-11-12-13-14(17)16-15(18)19-13/h11-12,17H,2-10H2,1H3,(H,16,18). The molecule has 0 unspecified atom stereocenters. The van der Waals surface area contributed by atoms with Crippen molar-refractivity contribution < 1.29 is 5.11 Å². The smallest absolute Gasteiger partial charge is 0.307 e. The van der Waals surface area contributed by atoms with Gasteiger partial charge in [-0.1, -0.05) is 69.3 Å². The molecule has 1 aromatic heterocycles. The highest BCUT2D eigenvalue weighted by Gasteiger charge is 2.01. The number of rotatable bonds is 10. The minimum atomic E-state index is -0.204. The summed E-state index contributed by atoms with van der Waals surface area (Å²) >= 11 is 1.05. The lowest BCUT2D eigenvalue weighted by Crippen LogP contribution is -1.89. The zero-order valence-electron chi connectivity index (χ0n) is 11.8. The fourth-order valence-corrected chi connectivity index (χ4v) is 2.69. The number of hydrogen-bond acceptors (Lipinski definition) is 3. The van der Waals surface area contributed by atoms with Crippen LogP contribution in [-0.2, 0) is 0 Å². The third kappa shape index (κ3) is 7.21. The van der Waals surface area contributed by atoms with Crippen molar-refractivity contribution in [3.05, 3.63) is 20.6 Å². The molecule has 1 rings (SSSR count). The van der Waals surface area contributed by atoms with Crippen LogP contribution in [-0.4, -0.2) is 10.1 Å². The van der Waals surface area contributed by atoms with Gasteiger partial charge in [0, 0.05) is 0 Å². The summed E-state index contributed by atoms with van der Waals surface area (Å²) in [5.41, 5.74) is 0. The van der Waals surface area contributed by atoms with Crippen molar-refractivity contribution in [1.82, 2.24) is 4.98 Å². The Balaban J connectivity index is 2.02. The quantitative estimate of drug-likeness (QED) is 0.612. The Labute approximate surface area is 119 Å². The molecular formula is C15H25NO2S. The molecule has 0 aliphatic carbocycles. The SMILES string of the molecule is CCCCCCCCCCC=Cc1sc(=O)[nH]c1O. The summed E-state index contributed by atoms with van der Waals surface area (Å²) in [7, 11) is 0. The average molecular weight is 283 g/mol. The van der Waals surface area contributed by atoms with E-state index in [2.05, 4.69) is 11.9 Å². The molecule has 0 aromatic carbocycles. The van der Waals surface area contributed by atoms with Gasteiger partial charge in [0.25, 0.3) is 0 Å². The average Bonchev–Trinajstić information content (AvgIpc) is 2.70. The Morgan fingerprint density at radius 1 is 1.11 bits per heavy atom. The molecule has 1 aromatic rings. The van der Waals surface area contributed by atoms with Gasteiger partial charge in [-0.15, -0.1) is 0 Å². The number of nitrogens with one attached hydrogen (secondary N) is 1. The van der Waals surface area contributed by atoms with Gasteiger partial charge >= 0.3 is 4.87 Å². The molecule has 108 valence electrons. The molecule has 4 heteroatoms. The number of hydrogen-bond donors (Lipinski definition) is 2. The summed E-state index contributed by atoms with van der Waals surface area (Å²) < 4.78 is 0. The van der Waals surface area contributed by atoms with Gasteiger partial charge in [-0.25, -0.2) is 0 Å². The van der Waals surface area contributed by atoms with Crippen LogP contribution in [0.1, 0.15) is 69.6 Å². The third-order valence-electron chi connectivity index (χ3n) is 3.15. The van der Waals surface area contributed by atoms with E-state index in [1.54, 1.807) is 0 Å². The molecule has 0 amide bonds. The van der Waals surface area contributed by atoms with Crippen LogP contribution in [0.25, 0.3) is 6.08 Å². The predicted octanol–water partition coefficient (Wildman–Crippen LogP) is 4.69.